The van der Waals surface area contributed by atoms with Crippen molar-refractivity contribution in [1.82, 2.24) is 0 Å². The molecule has 0 saturated heterocycles. The molecule has 2 N–H and O–H groups in total. The number of nitrogens with one attached hydrogen (secondary N) is 2. The number of anilines is 2. The van der Waals surface area contributed by atoms with Gasteiger partial charge in [-0.3, -0.25) is 4.79 Å². The summed E-state index contributed by atoms with van der Waals surface area (Å²) in [5.41, 5.74) is 2.01. The van der Waals surface area contributed by atoms with Crippen LogP contribution in [0.2, 0.25) is 0 Å². The fourth-order valence-electron chi connectivity index (χ4n) is 1.83. The highest BCUT2D eigenvalue weighted by atomic mass is 16.5. The Balaban J connectivity index is 2.94. The monoisotopic (exact) mass is 306 g/mol. The average molecular weight is 306 g/mol. The summed E-state index contributed by atoms with van der Waals surface area (Å²) in [5, 5.41) is 6.06. The first-order valence-corrected chi connectivity index (χ1v) is 7.45. The van der Waals surface area contributed by atoms with Crippen molar-refractivity contribution >= 4 is 23.3 Å². The summed E-state index contributed by atoms with van der Waals surface area (Å²) in [4.78, 5) is 23.8. The van der Waals surface area contributed by atoms with E-state index in [1.807, 2.05) is 52.8 Å². The van der Waals surface area contributed by atoms with Gasteiger partial charge in [-0.05, 0) is 31.0 Å². The van der Waals surface area contributed by atoms with Crippen molar-refractivity contribution in [2.24, 2.45) is 5.41 Å². The number of carbonyl (C=O) groups excluding carboxylic acids is 2. The Hall–Kier alpha value is -2.04. The number of methoxy groups -OCH3 is 1. The standard InChI is InChI=1S/C17H26N2O3/c1-7-13(15(20)22-6)18-12-9-8-11(2)14(10-12)19-16(21)17(3,4)5/h8-10,13,18H,7H2,1-6H3,(H,19,21)/t13-/m0/s1. The second-order valence-corrected chi connectivity index (χ2v) is 6.36. The van der Waals surface area contributed by atoms with Crippen molar-refractivity contribution in [3.63, 3.8) is 0 Å². The van der Waals surface area contributed by atoms with Gasteiger partial charge in [-0.2, -0.15) is 0 Å². The Kier molecular flexibility index (Phi) is 5.97. The van der Waals surface area contributed by atoms with Gasteiger partial charge in [0.25, 0.3) is 0 Å². The van der Waals surface area contributed by atoms with E-state index in [9.17, 15) is 9.59 Å². The largest absolute Gasteiger partial charge is 0.467 e. The van der Waals surface area contributed by atoms with Crippen LogP contribution >= 0.6 is 0 Å². The van der Waals surface area contributed by atoms with Crippen LogP contribution in [0, 0.1) is 12.3 Å². The zero-order valence-corrected chi connectivity index (χ0v) is 14.2. The number of ether oxygens (including phenoxy) is 1. The quantitative estimate of drug-likeness (QED) is 0.819. The molecule has 5 heteroatoms. The third-order valence-electron chi connectivity index (χ3n) is 3.40. The summed E-state index contributed by atoms with van der Waals surface area (Å²) in [6.45, 7) is 9.43. The lowest BCUT2D eigenvalue weighted by Gasteiger charge is -2.20. The molecular formula is C17H26N2O3. The van der Waals surface area contributed by atoms with Crippen LogP contribution in [0.25, 0.3) is 0 Å². The molecule has 1 aromatic rings. The molecular weight excluding hydrogens is 280 g/mol. The molecule has 0 saturated carbocycles. The maximum Gasteiger partial charge on any atom is 0.328 e. The smallest absolute Gasteiger partial charge is 0.328 e. The molecule has 0 aromatic heterocycles. The Morgan fingerprint density at radius 3 is 2.41 bits per heavy atom. The highest BCUT2D eigenvalue weighted by Crippen LogP contribution is 2.24. The van der Waals surface area contributed by atoms with Crippen LogP contribution in [-0.2, 0) is 14.3 Å². The molecule has 0 unspecified atom stereocenters. The van der Waals surface area contributed by atoms with Crippen LogP contribution in [0.1, 0.15) is 39.7 Å². The first kappa shape index (κ1) is 18.0. The Labute approximate surface area is 132 Å². The van der Waals surface area contributed by atoms with Gasteiger partial charge in [-0.1, -0.05) is 33.8 Å². The number of amides is 1. The van der Waals surface area contributed by atoms with Gasteiger partial charge in [-0.25, -0.2) is 4.79 Å². The van der Waals surface area contributed by atoms with Crippen molar-refractivity contribution in [3.05, 3.63) is 23.8 Å². The van der Waals surface area contributed by atoms with E-state index >= 15 is 0 Å². The van der Waals surface area contributed by atoms with Crippen molar-refractivity contribution in [2.45, 2.75) is 47.1 Å². The van der Waals surface area contributed by atoms with E-state index in [0.29, 0.717) is 6.42 Å². The van der Waals surface area contributed by atoms with Crippen molar-refractivity contribution in [1.29, 1.82) is 0 Å². The molecule has 0 bridgehead atoms. The van der Waals surface area contributed by atoms with Gasteiger partial charge in [0.05, 0.1) is 7.11 Å². The van der Waals surface area contributed by atoms with E-state index in [-0.39, 0.29) is 11.9 Å². The van der Waals surface area contributed by atoms with Crippen LogP contribution in [0.3, 0.4) is 0 Å². The van der Waals surface area contributed by atoms with Gasteiger partial charge in [0.2, 0.25) is 5.91 Å². The first-order chi connectivity index (χ1) is 10.2. The Morgan fingerprint density at radius 2 is 1.91 bits per heavy atom. The molecule has 22 heavy (non-hydrogen) atoms. The molecule has 0 fully saturated rings. The topological polar surface area (TPSA) is 67.4 Å². The maximum atomic E-state index is 12.1. The molecule has 1 atom stereocenters. The van der Waals surface area contributed by atoms with Crippen LogP contribution in [0.5, 0.6) is 0 Å². The molecule has 0 spiro atoms. The molecule has 0 heterocycles. The van der Waals surface area contributed by atoms with Gasteiger partial charge >= 0.3 is 5.97 Å². The predicted octanol–water partition coefficient (Wildman–Crippen LogP) is 3.34. The third kappa shape index (κ3) is 4.76. The van der Waals surface area contributed by atoms with Gasteiger partial charge in [0.1, 0.15) is 6.04 Å². The summed E-state index contributed by atoms with van der Waals surface area (Å²) < 4.78 is 4.77. The van der Waals surface area contributed by atoms with E-state index in [1.54, 1.807) is 0 Å². The van der Waals surface area contributed by atoms with Gasteiger partial charge < -0.3 is 15.4 Å². The second kappa shape index (κ2) is 7.29. The second-order valence-electron chi connectivity index (χ2n) is 6.36. The Bertz CT molecular complexity index is 547. The van der Waals surface area contributed by atoms with Crippen LogP contribution in [-0.4, -0.2) is 25.0 Å². The first-order valence-electron chi connectivity index (χ1n) is 7.45. The molecule has 0 radical (unpaired) electrons. The van der Waals surface area contributed by atoms with Gasteiger partial charge in [0, 0.05) is 16.8 Å². The lowest BCUT2D eigenvalue weighted by Crippen LogP contribution is -2.30. The number of rotatable bonds is 5. The summed E-state index contributed by atoms with van der Waals surface area (Å²) in [7, 11) is 1.37. The molecule has 0 aliphatic carbocycles. The number of benzene rings is 1. The fourth-order valence-corrected chi connectivity index (χ4v) is 1.83. The molecule has 0 aliphatic rings. The number of hydrogen-bond acceptors (Lipinski definition) is 4. The summed E-state index contributed by atoms with van der Waals surface area (Å²) in [5.74, 6) is -0.351. The minimum absolute atomic E-state index is 0.0484. The van der Waals surface area contributed by atoms with E-state index in [1.165, 1.54) is 7.11 Å². The number of hydrogen-bond donors (Lipinski definition) is 2. The summed E-state index contributed by atoms with van der Waals surface area (Å²) >= 11 is 0. The lowest BCUT2D eigenvalue weighted by molar-refractivity contribution is -0.141. The minimum Gasteiger partial charge on any atom is -0.467 e. The Morgan fingerprint density at radius 1 is 1.27 bits per heavy atom. The van der Waals surface area contributed by atoms with Crippen LogP contribution in [0.15, 0.2) is 18.2 Å². The van der Waals surface area contributed by atoms with Gasteiger partial charge in [-0.15, -0.1) is 0 Å². The average Bonchev–Trinajstić information content (AvgIpc) is 2.46. The summed E-state index contributed by atoms with van der Waals surface area (Å²) in [6.07, 6.45) is 0.615. The number of esters is 1. The summed E-state index contributed by atoms with van der Waals surface area (Å²) in [6, 6.07) is 5.22. The van der Waals surface area contributed by atoms with E-state index in [0.717, 1.165) is 16.9 Å². The number of aryl methyl sites for hydroxylation is 1. The highest BCUT2D eigenvalue weighted by molar-refractivity contribution is 5.95. The van der Waals surface area contributed by atoms with E-state index in [2.05, 4.69) is 10.6 Å². The molecule has 0 aliphatic heterocycles. The molecule has 122 valence electrons. The zero-order chi connectivity index (χ0) is 16.9. The van der Waals surface area contributed by atoms with Crippen molar-refractivity contribution < 1.29 is 14.3 Å². The third-order valence-corrected chi connectivity index (χ3v) is 3.40. The lowest BCUT2D eigenvalue weighted by atomic mass is 9.95. The highest BCUT2D eigenvalue weighted by Gasteiger charge is 2.22. The number of carbonyl (C=O) groups is 2. The van der Waals surface area contributed by atoms with E-state index in [4.69, 9.17) is 4.74 Å². The van der Waals surface area contributed by atoms with Crippen LogP contribution in [0.4, 0.5) is 11.4 Å². The predicted molar refractivity (Wildman–Crippen MR) is 89.0 cm³/mol. The molecule has 1 rings (SSSR count). The normalized spacial score (nSPS) is 12.5. The molecule has 1 aromatic carbocycles. The van der Waals surface area contributed by atoms with Crippen molar-refractivity contribution in [2.75, 3.05) is 17.7 Å². The molecule has 1 amide bonds. The zero-order valence-electron chi connectivity index (χ0n) is 14.2. The maximum absolute atomic E-state index is 12.1. The van der Waals surface area contributed by atoms with Crippen LogP contribution < -0.4 is 10.6 Å². The SMILES string of the molecule is CC[C@H](Nc1ccc(C)c(NC(=O)C(C)(C)C)c1)C(=O)OC. The fraction of sp³-hybridized carbons (Fsp3) is 0.529. The minimum atomic E-state index is -0.464. The molecule has 5 nitrogen and oxygen atoms in total. The van der Waals surface area contributed by atoms with Crippen molar-refractivity contribution in [3.8, 4) is 0 Å². The van der Waals surface area contributed by atoms with Gasteiger partial charge in [0.15, 0.2) is 0 Å². The van der Waals surface area contributed by atoms with E-state index < -0.39 is 11.5 Å².